The summed E-state index contributed by atoms with van der Waals surface area (Å²) in [6, 6.07) is 22.3. The predicted molar refractivity (Wildman–Crippen MR) is 90.5 cm³/mol. The van der Waals surface area contributed by atoms with Crippen molar-refractivity contribution in [1.82, 2.24) is 4.40 Å². The maximum absolute atomic E-state index is 2.43. The topological polar surface area (TPSA) is 4.41 Å². The Morgan fingerprint density at radius 3 is 2.29 bits per heavy atom. The summed E-state index contributed by atoms with van der Waals surface area (Å²) >= 11 is 0. The molecule has 0 atom stereocenters. The molecule has 5 rings (SSSR count). The molecule has 0 aliphatic rings. The standard InChI is InChI=1S/C20H15N/c1-2-13-10-11-19-17(12-13)16-8-5-7-15-14-6-3-4-9-18(14)21(19)20(15)16/h3-12H,2H2,1H3. The van der Waals surface area contributed by atoms with Gasteiger partial charge in [0.2, 0.25) is 0 Å². The average Bonchev–Trinajstić information content (AvgIpc) is 3.06. The summed E-state index contributed by atoms with van der Waals surface area (Å²) in [6.45, 7) is 2.22. The van der Waals surface area contributed by atoms with E-state index in [4.69, 9.17) is 0 Å². The lowest BCUT2D eigenvalue weighted by molar-refractivity contribution is 1.15. The van der Waals surface area contributed by atoms with Crippen molar-refractivity contribution in [2.75, 3.05) is 0 Å². The second kappa shape index (κ2) is 3.76. The highest BCUT2D eigenvalue weighted by Gasteiger charge is 2.16. The maximum atomic E-state index is 2.43. The highest BCUT2D eigenvalue weighted by molar-refractivity contribution is 6.23. The van der Waals surface area contributed by atoms with Crippen molar-refractivity contribution in [1.29, 1.82) is 0 Å². The first kappa shape index (κ1) is 11.2. The van der Waals surface area contributed by atoms with Crippen molar-refractivity contribution in [3.05, 3.63) is 66.2 Å². The van der Waals surface area contributed by atoms with Gasteiger partial charge in [-0.2, -0.15) is 0 Å². The van der Waals surface area contributed by atoms with E-state index >= 15 is 0 Å². The van der Waals surface area contributed by atoms with Crippen LogP contribution in [0.2, 0.25) is 0 Å². The van der Waals surface area contributed by atoms with Crippen molar-refractivity contribution >= 4 is 38.1 Å². The smallest absolute Gasteiger partial charge is 0.0620 e. The van der Waals surface area contributed by atoms with Gasteiger partial charge in [0.15, 0.2) is 0 Å². The lowest BCUT2D eigenvalue weighted by atomic mass is 10.1. The molecule has 0 saturated carbocycles. The van der Waals surface area contributed by atoms with Crippen LogP contribution in [0.5, 0.6) is 0 Å². The van der Waals surface area contributed by atoms with Crippen LogP contribution >= 0.6 is 0 Å². The second-order valence-corrected chi connectivity index (χ2v) is 5.76. The molecule has 0 fully saturated rings. The molecule has 0 unspecified atom stereocenters. The Balaban J connectivity index is 2.18. The Kier molecular flexibility index (Phi) is 2.00. The third-order valence-corrected chi connectivity index (χ3v) is 4.70. The molecule has 1 heteroatoms. The third kappa shape index (κ3) is 1.26. The highest BCUT2D eigenvalue weighted by Crippen LogP contribution is 2.38. The normalized spacial score (nSPS) is 12.2. The summed E-state index contributed by atoms with van der Waals surface area (Å²) in [5, 5.41) is 5.45. The summed E-state index contributed by atoms with van der Waals surface area (Å²) in [7, 11) is 0. The van der Waals surface area contributed by atoms with Crippen LogP contribution < -0.4 is 0 Å². The molecule has 2 aromatic heterocycles. The van der Waals surface area contributed by atoms with Gasteiger partial charge >= 0.3 is 0 Å². The van der Waals surface area contributed by atoms with Crippen molar-refractivity contribution in [3.8, 4) is 0 Å². The van der Waals surface area contributed by atoms with Gasteiger partial charge in [-0.3, -0.25) is 0 Å². The molecule has 0 aliphatic carbocycles. The quantitative estimate of drug-likeness (QED) is 0.384. The minimum absolute atomic E-state index is 1.08. The summed E-state index contributed by atoms with van der Waals surface area (Å²) in [5.41, 5.74) is 5.39. The fourth-order valence-electron chi connectivity index (χ4n) is 3.70. The van der Waals surface area contributed by atoms with Gasteiger partial charge in [-0.25, -0.2) is 0 Å². The zero-order valence-corrected chi connectivity index (χ0v) is 11.9. The molecule has 21 heavy (non-hydrogen) atoms. The number of para-hydroxylation sites is 2. The molecule has 0 bridgehead atoms. The van der Waals surface area contributed by atoms with Gasteiger partial charge in [0, 0.05) is 21.5 Å². The van der Waals surface area contributed by atoms with Crippen LogP contribution in [-0.2, 0) is 6.42 Å². The summed E-state index contributed by atoms with van der Waals surface area (Å²) < 4.78 is 2.43. The Labute approximate surface area is 122 Å². The molecule has 0 saturated heterocycles. The van der Waals surface area contributed by atoms with Crippen LogP contribution in [0, 0.1) is 0 Å². The van der Waals surface area contributed by atoms with Gasteiger partial charge in [-0.15, -0.1) is 0 Å². The van der Waals surface area contributed by atoms with Gasteiger partial charge in [-0.05, 0) is 30.2 Å². The van der Waals surface area contributed by atoms with Crippen LogP contribution in [0.4, 0.5) is 0 Å². The number of hydrogen-bond donors (Lipinski definition) is 0. The highest BCUT2D eigenvalue weighted by atomic mass is 14.9. The molecule has 0 N–H and O–H groups in total. The van der Waals surface area contributed by atoms with E-state index in [1.807, 2.05) is 0 Å². The van der Waals surface area contributed by atoms with E-state index in [1.54, 1.807) is 0 Å². The fourth-order valence-corrected chi connectivity index (χ4v) is 3.70. The second-order valence-electron chi connectivity index (χ2n) is 5.76. The van der Waals surface area contributed by atoms with Gasteiger partial charge < -0.3 is 4.40 Å². The van der Waals surface area contributed by atoms with Crippen LogP contribution in [0.1, 0.15) is 12.5 Å². The van der Waals surface area contributed by atoms with E-state index in [2.05, 4.69) is 72.0 Å². The molecule has 5 aromatic rings. The lowest BCUT2D eigenvalue weighted by Crippen LogP contribution is -1.82. The molecule has 0 radical (unpaired) electrons. The SMILES string of the molecule is CCc1ccc2c(c1)c1cccc3c4ccccc4n2c31. The van der Waals surface area contributed by atoms with Crippen molar-refractivity contribution < 1.29 is 0 Å². The minimum Gasteiger partial charge on any atom is -0.308 e. The number of aryl methyl sites for hydroxylation is 1. The molecule has 100 valence electrons. The predicted octanol–water partition coefficient (Wildman–Crippen LogP) is 5.40. The minimum atomic E-state index is 1.08. The molecule has 2 heterocycles. The van der Waals surface area contributed by atoms with E-state index in [1.165, 1.54) is 43.7 Å². The van der Waals surface area contributed by atoms with Gasteiger partial charge in [-0.1, -0.05) is 49.4 Å². The van der Waals surface area contributed by atoms with E-state index in [0.29, 0.717) is 0 Å². The van der Waals surface area contributed by atoms with E-state index in [-0.39, 0.29) is 0 Å². The Morgan fingerprint density at radius 1 is 0.714 bits per heavy atom. The van der Waals surface area contributed by atoms with Crippen LogP contribution in [0.15, 0.2) is 60.7 Å². The molecule has 0 spiro atoms. The molecule has 0 amide bonds. The molecule has 3 aromatic carbocycles. The van der Waals surface area contributed by atoms with Crippen LogP contribution in [0.25, 0.3) is 38.1 Å². The number of fused-ring (bicyclic) bond motifs is 6. The first-order chi connectivity index (χ1) is 10.4. The maximum Gasteiger partial charge on any atom is 0.0620 e. The summed E-state index contributed by atoms with van der Waals surface area (Å²) in [5.74, 6) is 0. The Hall–Kier alpha value is -2.54. The summed E-state index contributed by atoms with van der Waals surface area (Å²) in [6.07, 6.45) is 1.08. The largest absolute Gasteiger partial charge is 0.308 e. The van der Waals surface area contributed by atoms with Gasteiger partial charge in [0.1, 0.15) is 0 Å². The van der Waals surface area contributed by atoms with E-state index in [9.17, 15) is 0 Å². The number of hydrogen-bond acceptors (Lipinski definition) is 0. The third-order valence-electron chi connectivity index (χ3n) is 4.70. The summed E-state index contributed by atoms with van der Waals surface area (Å²) in [4.78, 5) is 0. The van der Waals surface area contributed by atoms with E-state index in [0.717, 1.165) is 6.42 Å². The zero-order valence-electron chi connectivity index (χ0n) is 11.9. The zero-order chi connectivity index (χ0) is 14.0. The van der Waals surface area contributed by atoms with Crippen molar-refractivity contribution in [2.24, 2.45) is 0 Å². The fraction of sp³-hybridized carbons (Fsp3) is 0.100. The molecular formula is C20H15N. The van der Waals surface area contributed by atoms with Crippen molar-refractivity contribution in [3.63, 3.8) is 0 Å². The number of rotatable bonds is 1. The average molecular weight is 269 g/mol. The molecular weight excluding hydrogens is 254 g/mol. The van der Waals surface area contributed by atoms with Gasteiger partial charge in [0.05, 0.1) is 16.6 Å². The lowest BCUT2D eigenvalue weighted by Gasteiger charge is -2.00. The van der Waals surface area contributed by atoms with Crippen molar-refractivity contribution in [2.45, 2.75) is 13.3 Å². The van der Waals surface area contributed by atoms with Crippen LogP contribution in [-0.4, -0.2) is 4.40 Å². The van der Waals surface area contributed by atoms with Crippen LogP contribution in [0.3, 0.4) is 0 Å². The van der Waals surface area contributed by atoms with Gasteiger partial charge in [0.25, 0.3) is 0 Å². The molecule has 0 aliphatic heterocycles. The van der Waals surface area contributed by atoms with E-state index < -0.39 is 0 Å². The number of nitrogens with zero attached hydrogens (tertiary/aromatic N) is 1. The molecule has 1 nitrogen and oxygen atoms in total. The Morgan fingerprint density at radius 2 is 1.43 bits per heavy atom. The first-order valence-electron chi connectivity index (χ1n) is 7.54. The first-order valence-corrected chi connectivity index (χ1v) is 7.54. The number of aromatic nitrogens is 1. The number of benzene rings is 3. The Bertz CT molecular complexity index is 1110. The monoisotopic (exact) mass is 269 g/mol.